The van der Waals surface area contributed by atoms with Crippen molar-refractivity contribution in [1.29, 1.82) is 0 Å². The van der Waals surface area contributed by atoms with Crippen LogP contribution in [0.25, 0.3) is 0 Å². The van der Waals surface area contributed by atoms with Crippen LogP contribution in [0.5, 0.6) is 0 Å². The van der Waals surface area contributed by atoms with E-state index in [2.05, 4.69) is 41.8 Å². The zero-order chi connectivity index (χ0) is 16.3. The maximum Gasteiger partial charge on any atom is 0.322 e. The average molecular weight is 332 g/mol. The van der Waals surface area contributed by atoms with Gasteiger partial charge in [0.25, 0.3) is 0 Å². The fourth-order valence-electron chi connectivity index (χ4n) is 3.31. The third-order valence-corrected chi connectivity index (χ3v) is 5.34. The van der Waals surface area contributed by atoms with Gasteiger partial charge in [-0.25, -0.2) is 4.79 Å². The molecule has 23 heavy (non-hydrogen) atoms. The Balaban J connectivity index is 1.67. The number of urea groups is 1. The second kappa shape index (κ2) is 6.74. The number of likely N-dealkylation sites (tertiary alicyclic amines) is 1. The van der Waals surface area contributed by atoms with Gasteiger partial charge in [-0.1, -0.05) is 13.0 Å². The Labute approximate surface area is 141 Å². The largest absolute Gasteiger partial charge is 0.322 e. The Morgan fingerprint density at radius 3 is 3.13 bits per heavy atom. The quantitative estimate of drug-likeness (QED) is 0.900. The van der Waals surface area contributed by atoms with Crippen LogP contribution in [0.4, 0.5) is 10.5 Å². The number of rotatable bonds is 5. The van der Waals surface area contributed by atoms with E-state index in [1.54, 1.807) is 17.5 Å². The number of carbonyl (C=O) groups excluding carboxylic acids is 1. The van der Waals surface area contributed by atoms with Crippen molar-refractivity contribution in [3.05, 3.63) is 34.8 Å². The minimum absolute atomic E-state index is 0.0161. The number of aryl methyl sites for hydroxylation is 1. The summed E-state index contributed by atoms with van der Waals surface area (Å²) in [6, 6.07) is 4.21. The molecule has 1 aliphatic heterocycles. The molecule has 3 rings (SSSR count). The molecule has 2 amide bonds. The van der Waals surface area contributed by atoms with E-state index in [0.717, 1.165) is 44.5 Å². The van der Waals surface area contributed by atoms with Gasteiger partial charge in [-0.05, 0) is 37.6 Å². The summed E-state index contributed by atoms with van der Waals surface area (Å²) in [7, 11) is 0. The summed E-state index contributed by atoms with van der Waals surface area (Å²) in [6.45, 7) is 5.99. The first kappa shape index (κ1) is 16.1. The third kappa shape index (κ3) is 3.58. The predicted octanol–water partition coefficient (Wildman–Crippen LogP) is 3.98. The van der Waals surface area contributed by atoms with Gasteiger partial charge in [0.15, 0.2) is 0 Å². The molecular formula is C17H24N4OS. The van der Waals surface area contributed by atoms with E-state index in [9.17, 15) is 4.79 Å². The summed E-state index contributed by atoms with van der Waals surface area (Å²) in [4.78, 5) is 16.0. The molecule has 3 heterocycles. The van der Waals surface area contributed by atoms with Gasteiger partial charge < -0.3 is 10.2 Å². The smallest absolute Gasteiger partial charge is 0.319 e. The number of thiophene rings is 1. The summed E-state index contributed by atoms with van der Waals surface area (Å²) in [5.41, 5.74) is 0.669. The fraction of sp³-hybridized carbons (Fsp3) is 0.529. The molecule has 0 spiro atoms. The molecule has 0 radical (unpaired) electrons. The topological polar surface area (TPSA) is 50.2 Å². The molecule has 1 atom stereocenters. The number of carbonyl (C=O) groups is 1. The molecule has 0 aliphatic carbocycles. The summed E-state index contributed by atoms with van der Waals surface area (Å²) >= 11 is 1.76. The van der Waals surface area contributed by atoms with E-state index in [1.807, 2.05) is 15.8 Å². The van der Waals surface area contributed by atoms with E-state index in [0.29, 0.717) is 0 Å². The van der Waals surface area contributed by atoms with Gasteiger partial charge in [-0.3, -0.25) is 4.68 Å². The van der Waals surface area contributed by atoms with Crippen LogP contribution in [0.2, 0.25) is 0 Å². The van der Waals surface area contributed by atoms with Crippen LogP contribution >= 0.6 is 11.3 Å². The highest BCUT2D eigenvalue weighted by Gasteiger charge is 2.39. The molecule has 1 N–H and O–H groups in total. The number of anilines is 1. The second-order valence-corrected chi connectivity index (χ2v) is 7.46. The maximum atomic E-state index is 12.7. The lowest BCUT2D eigenvalue weighted by atomic mass is 9.94. The first-order chi connectivity index (χ1) is 11.1. The first-order valence-corrected chi connectivity index (χ1v) is 9.12. The Morgan fingerprint density at radius 1 is 1.52 bits per heavy atom. The standard InChI is InChI=1S/C17H24N4OS/c1-3-8-20-13-14(12-18-20)19-16(22)21-9-5-7-17(21,2)11-15-6-4-10-23-15/h4,6,10,12-13H,3,5,7-9,11H2,1-2H3,(H,19,22)/t17-/m1/s1. The summed E-state index contributed by atoms with van der Waals surface area (Å²) < 4.78 is 1.87. The zero-order valence-corrected chi connectivity index (χ0v) is 14.6. The summed E-state index contributed by atoms with van der Waals surface area (Å²) in [5.74, 6) is 0. The molecule has 0 bridgehead atoms. The van der Waals surface area contributed by atoms with Crippen molar-refractivity contribution < 1.29 is 4.79 Å². The lowest BCUT2D eigenvalue weighted by Crippen LogP contribution is -2.48. The van der Waals surface area contributed by atoms with Crippen molar-refractivity contribution in [3.8, 4) is 0 Å². The van der Waals surface area contributed by atoms with E-state index in [4.69, 9.17) is 0 Å². The average Bonchev–Trinajstić information content (AvgIpc) is 3.22. The number of nitrogens with one attached hydrogen (secondary N) is 1. The molecule has 0 saturated carbocycles. The number of hydrogen-bond acceptors (Lipinski definition) is 3. The normalized spacial score (nSPS) is 20.9. The number of nitrogens with zero attached hydrogens (tertiary/aromatic N) is 3. The van der Waals surface area contributed by atoms with Crippen molar-refractivity contribution in [2.24, 2.45) is 0 Å². The van der Waals surface area contributed by atoms with Crippen LogP contribution in [-0.4, -0.2) is 32.8 Å². The van der Waals surface area contributed by atoms with Crippen LogP contribution in [-0.2, 0) is 13.0 Å². The fourth-order valence-corrected chi connectivity index (χ4v) is 4.20. The number of aromatic nitrogens is 2. The van der Waals surface area contributed by atoms with Crippen molar-refractivity contribution in [1.82, 2.24) is 14.7 Å². The molecule has 2 aromatic heterocycles. The molecule has 5 nitrogen and oxygen atoms in total. The second-order valence-electron chi connectivity index (χ2n) is 6.43. The number of hydrogen-bond donors (Lipinski definition) is 1. The molecule has 2 aromatic rings. The highest BCUT2D eigenvalue weighted by Crippen LogP contribution is 2.34. The Kier molecular flexibility index (Phi) is 4.71. The minimum Gasteiger partial charge on any atom is -0.319 e. The number of amides is 2. The van der Waals surface area contributed by atoms with Crippen LogP contribution in [0.3, 0.4) is 0 Å². The van der Waals surface area contributed by atoms with Crippen molar-refractivity contribution in [2.45, 2.75) is 51.6 Å². The monoisotopic (exact) mass is 332 g/mol. The predicted molar refractivity (Wildman–Crippen MR) is 93.9 cm³/mol. The van der Waals surface area contributed by atoms with Crippen molar-refractivity contribution in [3.63, 3.8) is 0 Å². The van der Waals surface area contributed by atoms with Crippen molar-refractivity contribution in [2.75, 3.05) is 11.9 Å². The van der Waals surface area contributed by atoms with Crippen LogP contribution in [0, 0.1) is 0 Å². The first-order valence-electron chi connectivity index (χ1n) is 8.24. The molecule has 1 aliphatic rings. The highest BCUT2D eigenvalue weighted by molar-refractivity contribution is 7.09. The molecule has 6 heteroatoms. The van der Waals surface area contributed by atoms with Gasteiger partial charge in [-0.15, -0.1) is 11.3 Å². The molecule has 1 saturated heterocycles. The van der Waals surface area contributed by atoms with Gasteiger partial charge in [-0.2, -0.15) is 5.10 Å². The van der Waals surface area contributed by atoms with E-state index >= 15 is 0 Å². The Hall–Kier alpha value is -1.82. The highest BCUT2D eigenvalue weighted by atomic mass is 32.1. The summed E-state index contributed by atoms with van der Waals surface area (Å²) in [6.07, 6.45) is 7.68. The molecule has 0 aromatic carbocycles. The molecule has 1 fully saturated rings. The van der Waals surface area contributed by atoms with Gasteiger partial charge in [0.1, 0.15) is 0 Å². The summed E-state index contributed by atoms with van der Waals surface area (Å²) in [5, 5.41) is 9.37. The SMILES string of the molecule is CCCn1cc(NC(=O)N2CCC[C@]2(C)Cc2cccs2)cn1. The lowest BCUT2D eigenvalue weighted by molar-refractivity contribution is 0.168. The van der Waals surface area contributed by atoms with Gasteiger partial charge in [0.2, 0.25) is 0 Å². The van der Waals surface area contributed by atoms with Gasteiger partial charge in [0.05, 0.1) is 11.9 Å². The molecule has 124 valence electrons. The van der Waals surface area contributed by atoms with Crippen LogP contribution in [0.1, 0.15) is 38.0 Å². The lowest BCUT2D eigenvalue weighted by Gasteiger charge is -2.35. The molecule has 0 unspecified atom stereocenters. The zero-order valence-electron chi connectivity index (χ0n) is 13.8. The van der Waals surface area contributed by atoms with E-state index < -0.39 is 0 Å². The Morgan fingerprint density at radius 2 is 2.39 bits per heavy atom. The van der Waals surface area contributed by atoms with Gasteiger partial charge in [0, 0.05) is 36.1 Å². The van der Waals surface area contributed by atoms with Gasteiger partial charge >= 0.3 is 6.03 Å². The maximum absolute atomic E-state index is 12.7. The minimum atomic E-state index is -0.103. The van der Waals surface area contributed by atoms with Crippen molar-refractivity contribution >= 4 is 23.1 Å². The van der Waals surface area contributed by atoms with E-state index in [1.165, 1.54) is 4.88 Å². The Bertz CT molecular complexity index is 651. The molecular weight excluding hydrogens is 308 g/mol. The van der Waals surface area contributed by atoms with E-state index in [-0.39, 0.29) is 11.6 Å². The van der Waals surface area contributed by atoms with Crippen LogP contribution in [0.15, 0.2) is 29.9 Å². The third-order valence-electron chi connectivity index (χ3n) is 4.47. The van der Waals surface area contributed by atoms with Crippen LogP contribution < -0.4 is 5.32 Å².